The van der Waals surface area contributed by atoms with Crippen LogP contribution in [0.25, 0.3) is 5.78 Å². The van der Waals surface area contributed by atoms with Crippen molar-refractivity contribution < 1.29 is 4.79 Å². The van der Waals surface area contributed by atoms with Gasteiger partial charge in [0.25, 0.3) is 11.7 Å². The Bertz CT molecular complexity index is 674. The van der Waals surface area contributed by atoms with Crippen LogP contribution < -0.4 is 5.73 Å². The number of aryl methyl sites for hydroxylation is 1. The van der Waals surface area contributed by atoms with Gasteiger partial charge in [0.15, 0.2) is 0 Å². The van der Waals surface area contributed by atoms with Crippen LogP contribution >= 0.6 is 24.8 Å². The summed E-state index contributed by atoms with van der Waals surface area (Å²) in [5, 5.41) is 4.29. The van der Waals surface area contributed by atoms with Crippen molar-refractivity contribution in [2.75, 3.05) is 6.54 Å². The van der Waals surface area contributed by atoms with Crippen LogP contribution in [0.15, 0.2) is 12.3 Å². The molecule has 23 heavy (non-hydrogen) atoms. The Morgan fingerprint density at radius 3 is 2.78 bits per heavy atom. The lowest BCUT2D eigenvalue weighted by molar-refractivity contribution is 0.0571. The van der Waals surface area contributed by atoms with E-state index in [1.807, 2.05) is 24.8 Å². The van der Waals surface area contributed by atoms with Gasteiger partial charge in [-0.1, -0.05) is 0 Å². The number of hydrogen-bond donors (Lipinski definition) is 1. The second-order valence-electron chi connectivity index (χ2n) is 5.65. The van der Waals surface area contributed by atoms with Crippen LogP contribution in [-0.2, 0) is 0 Å². The first-order valence-electron chi connectivity index (χ1n) is 7.33. The third-order valence-corrected chi connectivity index (χ3v) is 4.04. The summed E-state index contributed by atoms with van der Waals surface area (Å²) in [5.41, 5.74) is 6.92. The molecule has 0 bridgehead atoms. The molecule has 128 valence electrons. The zero-order valence-electron chi connectivity index (χ0n) is 13.2. The highest BCUT2D eigenvalue weighted by molar-refractivity contribution is 5.91. The van der Waals surface area contributed by atoms with Crippen molar-refractivity contribution in [1.82, 2.24) is 24.5 Å². The molecule has 9 heteroatoms. The first-order chi connectivity index (χ1) is 10.1. The van der Waals surface area contributed by atoms with Crippen molar-refractivity contribution >= 4 is 36.5 Å². The van der Waals surface area contributed by atoms with Gasteiger partial charge in [-0.2, -0.15) is 4.98 Å². The minimum Gasteiger partial charge on any atom is -0.331 e. The van der Waals surface area contributed by atoms with Gasteiger partial charge < -0.3 is 10.6 Å². The van der Waals surface area contributed by atoms with Crippen molar-refractivity contribution in [2.45, 2.75) is 45.2 Å². The van der Waals surface area contributed by atoms with Crippen molar-refractivity contribution in [3.8, 4) is 0 Å². The third-order valence-electron chi connectivity index (χ3n) is 4.04. The number of fused-ring (bicyclic) bond motifs is 1. The number of nitrogens with zero attached hydrogens (tertiary/aromatic N) is 5. The number of likely N-dealkylation sites (tertiary alicyclic amines) is 1. The molecule has 2 N–H and O–H groups in total. The quantitative estimate of drug-likeness (QED) is 0.878. The maximum atomic E-state index is 12.7. The minimum atomic E-state index is -0.151. The Balaban J connectivity index is 0.00000132. The number of aromatic nitrogens is 4. The summed E-state index contributed by atoms with van der Waals surface area (Å²) < 4.78 is 1.60. The number of rotatable bonds is 2. The molecule has 1 amide bonds. The molecule has 7 nitrogen and oxygen atoms in total. The summed E-state index contributed by atoms with van der Waals surface area (Å²) in [4.78, 5) is 22.9. The predicted molar refractivity (Wildman–Crippen MR) is 92.3 cm³/mol. The summed E-state index contributed by atoms with van der Waals surface area (Å²) in [5.74, 6) is 0.499. The van der Waals surface area contributed by atoms with Gasteiger partial charge in [-0.25, -0.2) is 9.50 Å². The van der Waals surface area contributed by atoms with E-state index >= 15 is 0 Å². The lowest BCUT2D eigenvalue weighted by Crippen LogP contribution is -2.51. The number of piperidine rings is 1. The summed E-state index contributed by atoms with van der Waals surface area (Å²) in [6.07, 6.45) is 4.71. The van der Waals surface area contributed by atoms with Crippen molar-refractivity contribution in [3.05, 3.63) is 23.8 Å². The summed E-state index contributed by atoms with van der Waals surface area (Å²) >= 11 is 0. The Hall–Kier alpha value is -1.44. The van der Waals surface area contributed by atoms with Gasteiger partial charge in [-0.3, -0.25) is 4.79 Å². The SMILES string of the molecule is Cc1ccnc2nc(C(=O)N3CCCCC3C(C)N)nn12.Cl.Cl. The van der Waals surface area contributed by atoms with E-state index < -0.39 is 0 Å². The van der Waals surface area contributed by atoms with Gasteiger partial charge in [-0.05, 0) is 39.2 Å². The fourth-order valence-corrected chi connectivity index (χ4v) is 2.88. The van der Waals surface area contributed by atoms with E-state index in [1.54, 1.807) is 10.7 Å². The van der Waals surface area contributed by atoms with Gasteiger partial charge in [0.2, 0.25) is 5.82 Å². The number of nitrogens with two attached hydrogens (primary N) is 1. The largest absolute Gasteiger partial charge is 0.331 e. The van der Waals surface area contributed by atoms with Gasteiger partial charge in [0, 0.05) is 30.5 Å². The van der Waals surface area contributed by atoms with Crippen LogP contribution in [0.2, 0.25) is 0 Å². The number of carbonyl (C=O) groups excluding carboxylic acids is 1. The van der Waals surface area contributed by atoms with Gasteiger partial charge in [0.1, 0.15) is 0 Å². The van der Waals surface area contributed by atoms with E-state index in [9.17, 15) is 4.79 Å². The Morgan fingerprint density at radius 1 is 1.39 bits per heavy atom. The van der Waals surface area contributed by atoms with E-state index in [4.69, 9.17) is 5.73 Å². The molecule has 0 saturated carbocycles. The first-order valence-corrected chi connectivity index (χ1v) is 7.33. The van der Waals surface area contributed by atoms with E-state index in [1.165, 1.54) is 0 Å². The molecule has 0 aliphatic carbocycles. The summed E-state index contributed by atoms with van der Waals surface area (Å²) in [6, 6.07) is 1.85. The predicted octanol–water partition coefficient (Wildman–Crippen LogP) is 1.62. The van der Waals surface area contributed by atoms with Crippen LogP contribution in [0.4, 0.5) is 0 Å². The lowest BCUT2D eigenvalue weighted by atomic mass is 9.97. The van der Waals surface area contributed by atoms with Crippen LogP contribution in [0.5, 0.6) is 0 Å². The molecular weight excluding hydrogens is 339 g/mol. The second kappa shape index (κ2) is 7.90. The second-order valence-corrected chi connectivity index (χ2v) is 5.65. The molecule has 0 spiro atoms. The molecule has 3 rings (SSSR count). The number of amides is 1. The number of hydrogen-bond acceptors (Lipinski definition) is 5. The van der Waals surface area contributed by atoms with Crippen molar-refractivity contribution in [2.24, 2.45) is 5.73 Å². The molecule has 0 radical (unpaired) electrons. The minimum absolute atomic E-state index is 0. The van der Waals surface area contributed by atoms with Crippen LogP contribution in [-0.4, -0.2) is 49.0 Å². The smallest absolute Gasteiger partial charge is 0.293 e. The van der Waals surface area contributed by atoms with Crippen LogP contribution in [0, 0.1) is 6.92 Å². The molecule has 2 unspecified atom stereocenters. The van der Waals surface area contributed by atoms with E-state index in [2.05, 4.69) is 15.1 Å². The Kier molecular flexibility index (Phi) is 6.73. The molecule has 0 aromatic carbocycles. The van der Waals surface area contributed by atoms with Crippen molar-refractivity contribution in [1.29, 1.82) is 0 Å². The fourth-order valence-electron chi connectivity index (χ4n) is 2.88. The fraction of sp³-hybridized carbons (Fsp3) is 0.571. The topological polar surface area (TPSA) is 89.4 Å². The normalized spacial score (nSPS) is 18.9. The molecular formula is C14H22Cl2N6O. The van der Waals surface area contributed by atoms with E-state index in [0.717, 1.165) is 25.0 Å². The third kappa shape index (κ3) is 3.73. The monoisotopic (exact) mass is 360 g/mol. The van der Waals surface area contributed by atoms with E-state index in [0.29, 0.717) is 12.3 Å². The average molecular weight is 361 g/mol. The highest BCUT2D eigenvalue weighted by atomic mass is 35.5. The van der Waals surface area contributed by atoms with Crippen LogP contribution in [0.1, 0.15) is 42.5 Å². The Morgan fingerprint density at radius 2 is 2.13 bits per heavy atom. The molecule has 1 aliphatic heterocycles. The molecule has 2 atom stereocenters. The summed E-state index contributed by atoms with van der Waals surface area (Å²) in [6.45, 7) is 4.56. The van der Waals surface area contributed by atoms with Gasteiger partial charge >= 0.3 is 0 Å². The molecule has 1 saturated heterocycles. The first kappa shape index (κ1) is 19.6. The average Bonchev–Trinajstić information content (AvgIpc) is 2.92. The maximum Gasteiger partial charge on any atom is 0.293 e. The van der Waals surface area contributed by atoms with Crippen LogP contribution in [0.3, 0.4) is 0 Å². The lowest BCUT2D eigenvalue weighted by Gasteiger charge is -2.37. The zero-order valence-corrected chi connectivity index (χ0v) is 14.8. The summed E-state index contributed by atoms with van der Waals surface area (Å²) in [7, 11) is 0. The number of carbonyl (C=O) groups is 1. The Labute approximate surface area is 147 Å². The highest BCUT2D eigenvalue weighted by Gasteiger charge is 2.31. The molecule has 1 fully saturated rings. The molecule has 3 heterocycles. The standard InChI is InChI=1S/C14H20N6O.2ClH/c1-9-6-7-16-14-17-12(18-20(9)14)13(21)19-8-4-3-5-11(19)10(2)15;;/h6-7,10-11H,3-5,8,15H2,1-2H3;2*1H. The molecule has 2 aromatic heterocycles. The highest BCUT2D eigenvalue weighted by Crippen LogP contribution is 2.20. The van der Waals surface area contributed by atoms with Gasteiger partial charge in [0.05, 0.1) is 0 Å². The molecule has 2 aromatic rings. The van der Waals surface area contributed by atoms with Gasteiger partial charge in [-0.15, -0.1) is 29.9 Å². The molecule has 1 aliphatic rings. The number of halogens is 2. The van der Waals surface area contributed by atoms with Crippen molar-refractivity contribution in [3.63, 3.8) is 0 Å². The van der Waals surface area contributed by atoms with E-state index in [-0.39, 0.29) is 48.6 Å². The maximum absolute atomic E-state index is 12.7. The zero-order chi connectivity index (χ0) is 15.0.